The van der Waals surface area contributed by atoms with Gasteiger partial charge in [0.25, 0.3) is 0 Å². The Morgan fingerprint density at radius 3 is 2.53 bits per heavy atom. The normalized spacial score (nSPS) is 12.5. The van der Waals surface area contributed by atoms with Gasteiger partial charge in [0.15, 0.2) is 0 Å². The van der Waals surface area contributed by atoms with Gasteiger partial charge in [0.2, 0.25) is 11.8 Å². The molecule has 0 spiro atoms. The number of thiophene rings is 1. The summed E-state index contributed by atoms with van der Waals surface area (Å²) in [7, 11) is 0. The van der Waals surface area contributed by atoms with E-state index < -0.39 is 11.6 Å². The summed E-state index contributed by atoms with van der Waals surface area (Å²) < 4.78 is 1.59. The molecule has 0 bridgehead atoms. The van der Waals surface area contributed by atoms with Crippen LogP contribution < -0.4 is 10.2 Å². The highest BCUT2D eigenvalue weighted by molar-refractivity contribution is 7.08. The fraction of sp³-hybridized carbons (Fsp3) is 0.308. The quantitative estimate of drug-likeness (QED) is 0.419. The highest BCUT2D eigenvalue weighted by atomic mass is 32.1. The molecule has 0 aliphatic heterocycles. The van der Waals surface area contributed by atoms with Gasteiger partial charge in [0.1, 0.15) is 18.1 Å². The van der Waals surface area contributed by atoms with Crippen LogP contribution in [0.2, 0.25) is 0 Å². The van der Waals surface area contributed by atoms with E-state index in [-0.39, 0.29) is 18.4 Å². The van der Waals surface area contributed by atoms with Crippen molar-refractivity contribution in [1.82, 2.24) is 20.3 Å². The van der Waals surface area contributed by atoms with Crippen LogP contribution in [-0.4, -0.2) is 32.3 Å². The number of nitrogens with one attached hydrogen (secondary N) is 1. The van der Waals surface area contributed by atoms with Crippen LogP contribution in [0.3, 0.4) is 0 Å². The lowest BCUT2D eigenvalue weighted by atomic mass is 10.0. The Labute approximate surface area is 203 Å². The minimum atomic E-state index is -0.819. The zero-order valence-corrected chi connectivity index (χ0v) is 20.7. The van der Waals surface area contributed by atoms with Gasteiger partial charge in [0.05, 0.1) is 5.52 Å². The van der Waals surface area contributed by atoms with Crippen molar-refractivity contribution in [2.45, 2.75) is 52.2 Å². The molecule has 176 valence electrons. The molecule has 4 aromatic rings. The zero-order chi connectivity index (χ0) is 24.3. The van der Waals surface area contributed by atoms with Crippen molar-refractivity contribution in [3.8, 4) is 0 Å². The number of hydrogen-bond acceptors (Lipinski definition) is 5. The van der Waals surface area contributed by atoms with Gasteiger partial charge in [-0.1, -0.05) is 42.5 Å². The number of aryl methyl sites for hydroxylation is 1. The molecule has 0 aliphatic rings. The fourth-order valence-electron chi connectivity index (χ4n) is 3.99. The summed E-state index contributed by atoms with van der Waals surface area (Å²) in [5.74, 6) is -0.467. The Kier molecular flexibility index (Phi) is 6.79. The average Bonchev–Trinajstić information content (AvgIpc) is 3.46. The molecule has 2 aromatic heterocycles. The van der Waals surface area contributed by atoms with Crippen molar-refractivity contribution in [2.75, 3.05) is 4.90 Å². The number of aromatic nitrogens is 3. The van der Waals surface area contributed by atoms with Gasteiger partial charge in [0, 0.05) is 11.2 Å². The first kappa shape index (κ1) is 23.6. The third kappa shape index (κ3) is 5.02. The van der Waals surface area contributed by atoms with Gasteiger partial charge in [-0.25, -0.2) is 4.68 Å². The van der Waals surface area contributed by atoms with Crippen LogP contribution in [0.25, 0.3) is 11.0 Å². The van der Waals surface area contributed by atoms with Crippen molar-refractivity contribution >= 4 is 39.9 Å². The number of hydrogen-bond donors (Lipinski definition) is 1. The topological polar surface area (TPSA) is 80.1 Å². The molecule has 0 saturated heterocycles. The largest absolute Gasteiger partial charge is 0.349 e. The van der Waals surface area contributed by atoms with E-state index in [0.29, 0.717) is 0 Å². The number of rotatable bonds is 7. The number of carbonyl (C=O) groups excluding carboxylic acids is 2. The molecule has 0 radical (unpaired) electrons. The van der Waals surface area contributed by atoms with Crippen LogP contribution in [0, 0.1) is 0 Å². The zero-order valence-electron chi connectivity index (χ0n) is 19.9. The van der Waals surface area contributed by atoms with Crippen LogP contribution in [0.15, 0.2) is 65.4 Å². The van der Waals surface area contributed by atoms with Crippen molar-refractivity contribution < 1.29 is 9.59 Å². The van der Waals surface area contributed by atoms with E-state index in [1.54, 1.807) is 9.58 Å². The second-order valence-corrected chi connectivity index (χ2v) is 9.96. The van der Waals surface area contributed by atoms with Gasteiger partial charge in [-0.15, -0.1) is 5.10 Å². The molecule has 1 unspecified atom stereocenters. The number of anilines is 1. The minimum absolute atomic E-state index is 0.0397. The Morgan fingerprint density at radius 1 is 1.09 bits per heavy atom. The summed E-state index contributed by atoms with van der Waals surface area (Å²) in [5.41, 5.74) is 3.52. The summed E-state index contributed by atoms with van der Waals surface area (Å²) in [4.78, 5) is 29.3. The van der Waals surface area contributed by atoms with E-state index in [4.69, 9.17) is 0 Å². The molecule has 34 heavy (non-hydrogen) atoms. The summed E-state index contributed by atoms with van der Waals surface area (Å²) in [6.45, 7) is 7.80. The maximum atomic E-state index is 14.0. The Morgan fingerprint density at radius 2 is 1.82 bits per heavy atom. The Bertz CT molecular complexity index is 1290. The highest BCUT2D eigenvalue weighted by Crippen LogP contribution is 2.33. The summed E-state index contributed by atoms with van der Waals surface area (Å²) in [6.07, 6.45) is 0.726. The SMILES string of the molecule is CCc1ccccc1N(C(=O)Cn1nnc2ccccc21)C(C(=O)NC(C)(C)C)c1ccsc1. The number of para-hydroxylation sites is 2. The lowest BCUT2D eigenvalue weighted by Crippen LogP contribution is -2.50. The van der Waals surface area contributed by atoms with Crippen LogP contribution in [0.5, 0.6) is 0 Å². The fourth-order valence-corrected chi connectivity index (χ4v) is 4.67. The molecule has 7 nitrogen and oxygen atoms in total. The number of amides is 2. The molecule has 0 fully saturated rings. The summed E-state index contributed by atoms with van der Waals surface area (Å²) in [5, 5.41) is 15.3. The first-order valence-corrected chi connectivity index (χ1v) is 12.2. The second kappa shape index (κ2) is 9.77. The first-order chi connectivity index (χ1) is 16.3. The monoisotopic (exact) mass is 475 g/mol. The molecule has 2 amide bonds. The standard InChI is InChI=1S/C26H29N5O2S/c1-5-18-10-6-8-12-21(18)31(23(32)16-30-22-13-9-7-11-20(22)28-29-30)24(19-14-15-34-17-19)25(33)27-26(2,3)4/h6-15,17,24H,5,16H2,1-4H3,(H,27,33). The smallest absolute Gasteiger partial charge is 0.249 e. The second-order valence-electron chi connectivity index (χ2n) is 9.18. The van der Waals surface area contributed by atoms with E-state index in [2.05, 4.69) is 15.6 Å². The summed E-state index contributed by atoms with van der Waals surface area (Å²) >= 11 is 1.50. The van der Waals surface area contributed by atoms with Crippen LogP contribution in [0.4, 0.5) is 5.69 Å². The lowest BCUT2D eigenvalue weighted by Gasteiger charge is -2.34. The number of carbonyl (C=O) groups is 2. The summed E-state index contributed by atoms with van der Waals surface area (Å²) in [6, 6.07) is 16.3. The van der Waals surface area contributed by atoms with E-state index in [1.165, 1.54) is 11.3 Å². The third-order valence-corrected chi connectivity index (χ3v) is 6.17. The van der Waals surface area contributed by atoms with Crippen molar-refractivity contribution in [3.05, 3.63) is 76.5 Å². The predicted octanol–water partition coefficient (Wildman–Crippen LogP) is 4.74. The van der Waals surface area contributed by atoms with Gasteiger partial charge < -0.3 is 5.32 Å². The van der Waals surface area contributed by atoms with E-state index in [0.717, 1.165) is 34.3 Å². The van der Waals surface area contributed by atoms with Gasteiger partial charge in [-0.2, -0.15) is 11.3 Å². The predicted molar refractivity (Wildman–Crippen MR) is 136 cm³/mol. The van der Waals surface area contributed by atoms with Crippen LogP contribution in [0.1, 0.15) is 44.9 Å². The molecule has 1 atom stereocenters. The number of benzene rings is 2. The average molecular weight is 476 g/mol. The van der Waals surface area contributed by atoms with Crippen molar-refractivity contribution in [3.63, 3.8) is 0 Å². The highest BCUT2D eigenvalue weighted by Gasteiger charge is 2.35. The third-order valence-electron chi connectivity index (χ3n) is 5.47. The molecule has 8 heteroatoms. The van der Waals surface area contributed by atoms with Crippen LogP contribution >= 0.6 is 11.3 Å². The maximum Gasteiger partial charge on any atom is 0.249 e. The lowest BCUT2D eigenvalue weighted by molar-refractivity contribution is -0.128. The van der Waals surface area contributed by atoms with Crippen molar-refractivity contribution in [2.24, 2.45) is 0 Å². The Hall–Kier alpha value is -3.52. The van der Waals surface area contributed by atoms with Gasteiger partial charge >= 0.3 is 0 Å². The van der Waals surface area contributed by atoms with Crippen molar-refractivity contribution in [1.29, 1.82) is 0 Å². The molecule has 0 saturated carbocycles. The maximum absolute atomic E-state index is 14.0. The van der Waals surface area contributed by atoms with E-state index in [1.807, 2.05) is 93.1 Å². The number of nitrogens with zero attached hydrogens (tertiary/aromatic N) is 4. The minimum Gasteiger partial charge on any atom is -0.349 e. The van der Waals surface area contributed by atoms with Gasteiger partial charge in [-0.3, -0.25) is 14.5 Å². The Balaban J connectivity index is 1.82. The molecule has 2 aromatic carbocycles. The molecule has 0 aliphatic carbocycles. The first-order valence-electron chi connectivity index (χ1n) is 11.3. The molecule has 2 heterocycles. The molecular formula is C26H29N5O2S. The number of fused-ring (bicyclic) bond motifs is 1. The van der Waals surface area contributed by atoms with E-state index >= 15 is 0 Å². The molecule has 4 rings (SSSR count). The van der Waals surface area contributed by atoms with E-state index in [9.17, 15) is 9.59 Å². The van der Waals surface area contributed by atoms with Crippen LogP contribution in [-0.2, 0) is 22.6 Å². The van der Waals surface area contributed by atoms with Gasteiger partial charge in [-0.05, 0) is 73.3 Å². The molecular weight excluding hydrogens is 446 g/mol. The molecule has 1 N–H and O–H groups in total.